The van der Waals surface area contributed by atoms with Crippen molar-refractivity contribution in [2.75, 3.05) is 0 Å². The predicted octanol–water partition coefficient (Wildman–Crippen LogP) is 2.72. The molecular formula is C15H13NO3. The monoisotopic (exact) mass is 255 g/mol. The number of para-hydroxylation sites is 1. The van der Waals surface area contributed by atoms with E-state index in [4.69, 9.17) is 11.2 Å². The molecule has 96 valence electrons. The number of terminal acetylenes is 1. The van der Waals surface area contributed by atoms with Crippen molar-refractivity contribution in [2.24, 2.45) is 0 Å². The van der Waals surface area contributed by atoms with Gasteiger partial charge >= 0.3 is 5.97 Å². The number of carboxylic acids is 1. The first-order valence-corrected chi connectivity index (χ1v) is 5.73. The standard InChI is InChI=1S/C15H13NO3/c1-4-15(2,3)19-13-9-11(14(17)18)10-7-5-6-8-12(10)16-13/h1,5-9H,2-3H3,(H,17,18). The van der Waals surface area contributed by atoms with E-state index < -0.39 is 11.6 Å². The molecule has 0 fully saturated rings. The van der Waals surface area contributed by atoms with Gasteiger partial charge in [-0.15, -0.1) is 6.42 Å². The predicted molar refractivity (Wildman–Crippen MR) is 72.2 cm³/mol. The highest BCUT2D eigenvalue weighted by molar-refractivity contribution is 6.02. The van der Waals surface area contributed by atoms with E-state index in [1.54, 1.807) is 38.1 Å². The number of carboxylic acid groups (broad SMARTS) is 1. The number of fused-ring (bicyclic) bond motifs is 1. The Bertz CT molecular complexity index is 683. The lowest BCUT2D eigenvalue weighted by Gasteiger charge is -2.19. The first kappa shape index (κ1) is 12.9. The lowest BCUT2D eigenvalue weighted by molar-refractivity contribution is 0.0697. The second kappa shape index (κ2) is 4.62. The van der Waals surface area contributed by atoms with Gasteiger partial charge in [0.1, 0.15) is 0 Å². The fourth-order valence-corrected chi connectivity index (χ4v) is 1.67. The van der Waals surface area contributed by atoms with Crippen molar-refractivity contribution >= 4 is 16.9 Å². The van der Waals surface area contributed by atoms with Gasteiger partial charge in [0.05, 0.1) is 11.1 Å². The molecule has 1 heterocycles. The van der Waals surface area contributed by atoms with Crippen molar-refractivity contribution in [3.8, 4) is 18.2 Å². The third-order valence-corrected chi connectivity index (χ3v) is 2.63. The molecule has 4 heteroatoms. The van der Waals surface area contributed by atoms with Crippen LogP contribution in [0.5, 0.6) is 5.88 Å². The zero-order chi connectivity index (χ0) is 14.0. The summed E-state index contributed by atoms with van der Waals surface area (Å²) in [6.07, 6.45) is 5.35. The third-order valence-electron chi connectivity index (χ3n) is 2.63. The molecule has 0 spiro atoms. The summed E-state index contributed by atoms with van der Waals surface area (Å²) in [7, 11) is 0. The van der Waals surface area contributed by atoms with Gasteiger partial charge in [0.2, 0.25) is 5.88 Å². The van der Waals surface area contributed by atoms with Crippen LogP contribution in [0.25, 0.3) is 10.9 Å². The van der Waals surface area contributed by atoms with E-state index in [9.17, 15) is 9.90 Å². The van der Waals surface area contributed by atoms with E-state index >= 15 is 0 Å². The molecule has 0 saturated carbocycles. The molecule has 0 amide bonds. The highest BCUT2D eigenvalue weighted by Gasteiger charge is 2.19. The second-order valence-corrected chi connectivity index (χ2v) is 4.59. The van der Waals surface area contributed by atoms with Crippen LogP contribution in [0.15, 0.2) is 30.3 Å². The summed E-state index contributed by atoms with van der Waals surface area (Å²) in [6.45, 7) is 3.43. The number of hydrogen-bond acceptors (Lipinski definition) is 3. The molecule has 0 bridgehead atoms. The van der Waals surface area contributed by atoms with Gasteiger partial charge in [-0.3, -0.25) is 0 Å². The Kier molecular flexibility index (Phi) is 3.14. The summed E-state index contributed by atoms with van der Waals surface area (Å²) < 4.78 is 5.54. The molecule has 4 nitrogen and oxygen atoms in total. The normalized spacial score (nSPS) is 11.0. The van der Waals surface area contributed by atoms with Gasteiger partial charge in [-0.05, 0) is 19.9 Å². The topological polar surface area (TPSA) is 59.4 Å². The van der Waals surface area contributed by atoms with E-state index in [1.165, 1.54) is 6.07 Å². The average Bonchev–Trinajstić information content (AvgIpc) is 2.37. The molecule has 1 aromatic heterocycles. The maximum atomic E-state index is 11.3. The van der Waals surface area contributed by atoms with E-state index in [2.05, 4.69) is 10.9 Å². The molecule has 1 N–H and O–H groups in total. The van der Waals surface area contributed by atoms with Crippen LogP contribution in [-0.2, 0) is 0 Å². The number of pyridine rings is 1. The van der Waals surface area contributed by atoms with Gasteiger partial charge < -0.3 is 9.84 Å². The SMILES string of the molecule is C#CC(C)(C)Oc1cc(C(=O)O)c2ccccc2n1. The number of rotatable bonds is 3. The first-order valence-electron chi connectivity index (χ1n) is 5.73. The van der Waals surface area contributed by atoms with Crippen LogP contribution in [0.1, 0.15) is 24.2 Å². The highest BCUT2D eigenvalue weighted by Crippen LogP contribution is 2.24. The Balaban J connectivity index is 2.59. The second-order valence-electron chi connectivity index (χ2n) is 4.59. The molecule has 0 unspecified atom stereocenters. The molecule has 0 aliphatic rings. The minimum atomic E-state index is -1.03. The van der Waals surface area contributed by atoms with Crippen LogP contribution in [0.4, 0.5) is 0 Å². The van der Waals surface area contributed by atoms with E-state index in [0.717, 1.165) is 0 Å². The number of hydrogen-bond donors (Lipinski definition) is 1. The Hall–Kier alpha value is -2.54. The first-order chi connectivity index (χ1) is 8.93. The molecule has 2 rings (SSSR count). The molecular weight excluding hydrogens is 242 g/mol. The van der Waals surface area contributed by atoms with Gasteiger partial charge in [0, 0.05) is 11.5 Å². The maximum absolute atomic E-state index is 11.3. The number of aromatic carboxylic acids is 1. The van der Waals surface area contributed by atoms with Crippen LogP contribution in [0, 0.1) is 12.3 Å². The Morgan fingerprint density at radius 1 is 1.42 bits per heavy atom. The summed E-state index contributed by atoms with van der Waals surface area (Å²) in [5.74, 6) is 1.66. The van der Waals surface area contributed by atoms with E-state index in [0.29, 0.717) is 10.9 Å². The van der Waals surface area contributed by atoms with Gasteiger partial charge in [-0.2, -0.15) is 0 Å². The Morgan fingerprint density at radius 3 is 2.74 bits per heavy atom. The van der Waals surface area contributed by atoms with Gasteiger partial charge in [-0.25, -0.2) is 9.78 Å². The van der Waals surface area contributed by atoms with Crippen LogP contribution in [0.2, 0.25) is 0 Å². The summed E-state index contributed by atoms with van der Waals surface area (Å²) in [4.78, 5) is 15.5. The van der Waals surface area contributed by atoms with Gasteiger partial charge in [0.15, 0.2) is 5.60 Å². The number of ether oxygens (including phenoxy) is 1. The zero-order valence-corrected chi connectivity index (χ0v) is 10.7. The Labute approximate surface area is 111 Å². The van der Waals surface area contributed by atoms with Crippen molar-refractivity contribution in [3.05, 3.63) is 35.9 Å². The van der Waals surface area contributed by atoms with Crippen molar-refractivity contribution in [3.63, 3.8) is 0 Å². The number of benzene rings is 1. The lowest BCUT2D eigenvalue weighted by atomic mass is 10.1. The van der Waals surface area contributed by atoms with Crippen molar-refractivity contribution in [1.82, 2.24) is 4.98 Å². The van der Waals surface area contributed by atoms with Gasteiger partial charge in [-0.1, -0.05) is 24.1 Å². The third kappa shape index (κ3) is 2.66. The quantitative estimate of drug-likeness (QED) is 0.857. The van der Waals surface area contributed by atoms with Crippen LogP contribution in [0.3, 0.4) is 0 Å². The molecule has 0 aliphatic carbocycles. The van der Waals surface area contributed by atoms with Crippen molar-refractivity contribution in [2.45, 2.75) is 19.4 Å². The van der Waals surface area contributed by atoms with Crippen molar-refractivity contribution < 1.29 is 14.6 Å². The average molecular weight is 255 g/mol. The summed E-state index contributed by atoms with van der Waals surface area (Å²) in [5.41, 5.74) is -0.135. The zero-order valence-electron chi connectivity index (χ0n) is 10.7. The summed E-state index contributed by atoms with van der Waals surface area (Å²) >= 11 is 0. The Morgan fingerprint density at radius 2 is 2.11 bits per heavy atom. The summed E-state index contributed by atoms with van der Waals surface area (Å²) in [6, 6.07) is 8.39. The van der Waals surface area contributed by atoms with E-state index in [1.807, 2.05) is 0 Å². The molecule has 0 atom stereocenters. The molecule has 2 aromatic rings. The number of nitrogens with zero attached hydrogens (tertiary/aromatic N) is 1. The molecule has 0 aliphatic heterocycles. The van der Waals surface area contributed by atoms with Crippen LogP contribution >= 0.6 is 0 Å². The largest absolute Gasteiger partial charge is 0.478 e. The fourth-order valence-electron chi connectivity index (χ4n) is 1.67. The maximum Gasteiger partial charge on any atom is 0.336 e. The molecule has 0 radical (unpaired) electrons. The smallest absolute Gasteiger partial charge is 0.336 e. The number of aromatic nitrogens is 1. The van der Waals surface area contributed by atoms with Gasteiger partial charge in [0.25, 0.3) is 0 Å². The minimum Gasteiger partial charge on any atom is -0.478 e. The minimum absolute atomic E-state index is 0.147. The highest BCUT2D eigenvalue weighted by atomic mass is 16.5. The van der Waals surface area contributed by atoms with Crippen LogP contribution in [-0.4, -0.2) is 21.7 Å². The number of carbonyl (C=O) groups is 1. The lowest BCUT2D eigenvalue weighted by Crippen LogP contribution is -2.26. The molecule has 19 heavy (non-hydrogen) atoms. The van der Waals surface area contributed by atoms with E-state index in [-0.39, 0.29) is 11.4 Å². The van der Waals surface area contributed by atoms with Crippen LogP contribution < -0.4 is 4.74 Å². The molecule has 0 saturated heterocycles. The van der Waals surface area contributed by atoms with Crippen molar-refractivity contribution in [1.29, 1.82) is 0 Å². The molecule has 1 aromatic carbocycles. The summed E-state index contributed by atoms with van der Waals surface area (Å²) in [5, 5.41) is 9.81. The fraction of sp³-hybridized carbons (Fsp3) is 0.200.